The molecule has 0 fully saturated rings. The van der Waals surface area contributed by atoms with Gasteiger partial charge in [-0.1, -0.05) is 73.1 Å². The molecule has 0 aliphatic carbocycles. The number of aryl methyl sites for hydroxylation is 1. The second-order valence-electron chi connectivity index (χ2n) is 8.40. The van der Waals surface area contributed by atoms with E-state index in [0.717, 1.165) is 42.4 Å². The van der Waals surface area contributed by atoms with Gasteiger partial charge in [0.2, 0.25) is 7.28 Å². The van der Waals surface area contributed by atoms with E-state index >= 15 is 0 Å². The Kier molecular flexibility index (Phi) is 6.22. The molecule has 1 unspecified atom stereocenters. The van der Waals surface area contributed by atoms with Crippen molar-refractivity contribution in [3.8, 4) is 5.75 Å². The molecule has 3 nitrogen and oxygen atoms in total. The molecule has 160 valence electrons. The quantitative estimate of drug-likeness (QED) is 0.233. The van der Waals surface area contributed by atoms with Crippen molar-refractivity contribution in [2.75, 3.05) is 0 Å². The topological polar surface area (TPSA) is 34.7 Å². The Morgan fingerprint density at radius 2 is 1.65 bits per heavy atom. The average Bonchev–Trinajstić information content (AvgIpc) is 3.15. The summed E-state index contributed by atoms with van der Waals surface area (Å²) < 4.78 is 20.3. The van der Waals surface area contributed by atoms with E-state index in [2.05, 4.69) is 76.9 Å². The van der Waals surface area contributed by atoms with E-state index in [4.69, 9.17) is 13.7 Å². The summed E-state index contributed by atoms with van der Waals surface area (Å²) in [5.74, 6) is 1.58. The van der Waals surface area contributed by atoms with Crippen LogP contribution in [0.2, 0.25) is 0 Å². The van der Waals surface area contributed by atoms with Crippen molar-refractivity contribution in [1.82, 2.24) is 0 Å². The van der Waals surface area contributed by atoms with Gasteiger partial charge < -0.3 is 8.94 Å². The summed E-state index contributed by atoms with van der Waals surface area (Å²) in [4.78, 5) is 0. The molecular formula is C25H24Br2NO2P. The van der Waals surface area contributed by atoms with Crippen molar-refractivity contribution in [1.29, 1.82) is 0 Å². The average molecular weight is 561 g/mol. The third-order valence-electron chi connectivity index (χ3n) is 5.07. The van der Waals surface area contributed by atoms with Crippen LogP contribution < -0.4 is 10.0 Å². The summed E-state index contributed by atoms with van der Waals surface area (Å²) in [6.07, 6.45) is 0. The summed E-state index contributed by atoms with van der Waals surface area (Å²) in [5.41, 5.74) is 1.68. The van der Waals surface area contributed by atoms with Crippen LogP contribution in [0.15, 0.2) is 90.9 Å². The maximum Gasteiger partial charge on any atom is 0.207 e. The Bertz CT molecular complexity index is 1300. The molecule has 0 aliphatic heterocycles. The van der Waals surface area contributed by atoms with Crippen LogP contribution in [-0.2, 0) is 0 Å². The van der Waals surface area contributed by atoms with Gasteiger partial charge in [0.1, 0.15) is 11.5 Å². The Hall–Kier alpha value is -1.81. The van der Waals surface area contributed by atoms with Crippen molar-refractivity contribution in [2.45, 2.75) is 32.9 Å². The van der Waals surface area contributed by atoms with Crippen LogP contribution in [0.4, 0.5) is 5.69 Å². The molecule has 1 heterocycles. The molecule has 0 spiro atoms. The molecule has 0 saturated carbocycles. The predicted molar refractivity (Wildman–Crippen MR) is 138 cm³/mol. The van der Waals surface area contributed by atoms with Gasteiger partial charge in [-0.2, -0.15) is 0 Å². The number of hydrogen-bond donors (Lipinski definition) is 0. The molecular weight excluding hydrogens is 537 g/mol. The highest BCUT2D eigenvalue weighted by atomic mass is 79.9. The van der Waals surface area contributed by atoms with Crippen LogP contribution >= 0.6 is 39.1 Å². The molecule has 0 aliphatic rings. The highest BCUT2D eigenvalue weighted by molar-refractivity contribution is 9.11. The van der Waals surface area contributed by atoms with Crippen molar-refractivity contribution in [3.63, 3.8) is 0 Å². The van der Waals surface area contributed by atoms with Crippen molar-refractivity contribution >= 4 is 61.1 Å². The predicted octanol–water partition coefficient (Wildman–Crippen LogP) is 9.22. The SMILES string of the molecule is Cc1ccc(P(=Nc2cccc3ccccc23)(Oc2ccc(Br)cc2Br)C(C)(C)C)o1. The lowest BCUT2D eigenvalue weighted by Gasteiger charge is -2.35. The van der Waals surface area contributed by atoms with Crippen molar-refractivity contribution < 1.29 is 8.94 Å². The highest BCUT2D eigenvalue weighted by Gasteiger charge is 2.42. The second kappa shape index (κ2) is 8.61. The van der Waals surface area contributed by atoms with Crippen molar-refractivity contribution in [2.24, 2.45) is 4.74 Å². The zero-order chi connectivity index (χ0) is 22.2. The molecule has 0 amide bonds. The molecule has 0 saturated heterocycles. The Morgan fingerprint density at radius 3 is 2.32 bits per heavy atom. The summed E-state index contributed by atoms with van der Waals surface area (Å²) in [6, 6.07) is 24.4. The van der Waals surface area contributed by atoms with Gasteiger partial charge in [-0.25, -0.2) is 4.74 Å². The number of fused-ring (bicyclic) bond motifs is 1. The normalized spacial score (nSPS) is 13.7. The van der Waals surface area contributed by atoms with Gasteiger partial charge in [0, 0.05) is 15.0 Å². The van der Waals surface area contributed by atoms with Gasteiger partial charge in [0.05, 0.1) is 10.2 Å². The molecule has 1 atom stereocenters. The molecule has 0 radical (unpaired) electrons. The van der Waals surface area contributed by atoms with Gasteiger partial charge in [-0.3, -0.25) is 0 Å². The summed E-state index contributed by atoms with van der Waals surface area (Å²) in [5, 5.41) is 1.93. The Labute approximate surface area is 200 Å². The van der Waals surface area contributed by atoms with E-state index in [1.165, 1.54) is 0 Å². The number of benzene rings is 3. The molecule has 4 aromatic rings. The minimum Gasteiger partial charge on any atom is -0.457 e. The second-order valence-corrected chi connectivity index (χ2v) is 13.5. The van der Waals surface area contributed by atoms with E-state index in [1.807, 2.05) is 55.5 Å². The lowest BCUT2D eigenvalue weighted by atomic mass is 10.1. The molecule has 4 rings (SSSR count). The van der Waals surface area contributed by atoms with Gasteiger partial charge in [0.15, 0.2) is 5.50 Å². The van der Waals surface area contributed by atoms with E-state index in [9.17, 15) is 0 Å². The maximum absolute atomic E-state index is 6.89. The highest BCUT2D eigenvalue weighted by Crippen LogP contribution is 2.63. The molecule has 0 bridgehead atoms. The molecule has 31 heavy (non-hydrogen) atoms. The molecule has 0 N–H and O–H groups in total. The van der Waals surface area contributed by atoms with E-state index < -0.39 is 7.28 Å². The van der Waals surface area contributed by atoms with Crippen LogP contribution in [0, 0.1) is 6.92 Å². The number of nitrogens with zero attached hydrogens (tertiary/aromatic N) is 1. The molecule has 6 heteroatoms. The molecule has 1 aromatic heterocycles. The number of hydrogen-bond acceptors (Lipinski definition) is 3. The summed E-state index contributed by atoms with van der Waals surface area (Å²) in [6.45, 7) is 8.45. The zero-order valence-electron chi connectivity index (χ0n) is 17.9. The minimum absolute atomic E-state index is 0.319. The maximum atomic E-state index is 6.89. The lowest BCUT2D eigenvalue weighted by molar-refractivity contribution is 0.525. The zero-order valence-corrected chi connectivity index (χ0v) is 22.0. The Balaban J connectivity index is 2.05. The largest absolute Gasteiger partial charge is 0.457 e. The fraction of sp³-hybridized carbons (Fsp3) is 0.200. The third kappa shape index (κ3) is 4.41. The van der Waals surface area contributed by atoms with Gasteiger partial charge in [-0.05, 0) is 64.6 Å². The first-order chi connectivity index (χ1) is 14.7. The lowest BCUT2D eigenvalue weighted by Crippen LogP contribution is -2.26. The van der Waals surface area contributed by atoms with E-state index in [0.29, 0.717) is 0 Å². The van der Waals surface area contributed by atoms with Crippen LogP contribution in [0.3, 0.4) is 0 Å². The third-order valence-corrected chi connectivity index (χ3v) is 9.80. The standard InChI is InChI=1S/C25H24Br2NO2P/c1-17-12-15-24(29-17)31(25(2,3)4,30-23-14-13-19(26)16-21(23)27)28-22-11-7-9-18-8-5-6-10-20(18)22/h5-16H,1-4H3. The number of halogens is 2. The number of rotatable bonds is 4. The van der Waals surface area contributed by atoms with Gasteiger partial charge >= 0.3 is 0 Å². The summed E-state index contributed by atoms with van der Waals surface area (Å²) in [7, 11) is -2.69. The first-order valence-corrected chi connectivity index (χ1v) is 13.3. The molecule has 3 aromatic carbocycles. The smallest absolute Gasteiger partial charge is 0.207 e. The van der Waals surface area contributed by atoms with Crippen LogP contribution in [0.1, 0.15) is 26.5 Å². The van der Waals surface area contributed by atoms with Crippen LogP contribution in [-0.4, -0.2) is 5.16 Å². The van der Waals surface area contributed by atoms with E-state index in [-0.39, 0.29) is 5.16 Å². The van der Waals surface area contributed by atoms with E-state index in [1.54, 1.807) is 0 Å². The first kappa shape index (κ1) is 22.4. The van der Waals surface area contributed by atoms with Crippen LogP contribution in [0.5, 0.6) is 5.75 Å². The van der Waals surface area contributed by atoms with Crippen LogP contribution in [0.25, 0.3) is 10.8 Å². The fourth-order valence-electron chi connectivity index (χ4n) is 3.46. The Morgan fingerprint density at radius 1 is 0.903 bits per heavy atom. The summed E-state index contributed by atoms with van der Waals surface area (Å²) >= 11 is 7.19. The van der Waals surface area contributed by atoms with Gasteiger partial charge in [0.25, 0.3) is 0 Å². The number of furan rings is 1. The van der Waals surface area contributed by atoms with Gasteiger partial charge in [-0.15, -0.1) is 0 Å². The minimum atomic E-state index is -2.69. The fourth-order valence-corrected chi connectivity index (χ4v) is 7.64. The monoisotopic (exact) mass is 559 g/mol. The first-order valence-electron chi connectivity index (χ1n) is 10.0. The van der Waals surface area contributed by atoms with Crippen molar-refractivity contribution in [3.05, 3.63) is 87.5 Å².